The molecule has 0 aliphatic carbocycles. The second-order valence-corrected chi connectivity index (χ2v) is 1.56. The third kappa shape index (κ3) is 5.50. The molecule has 2 nitrogen and oxygen atoms in total. The van der Waals surface area contributed by atoms with Gasteiger partial charge in [0.05, 0.1) is 19.3 Å². The van der Waals surface area contributed by atoms with E-state index in [0.717, 1.165) is 0 Å². The minimum atomic E-state index is -0.383. The lowest BCUT2D eigenvalue weighted by Crippen LogP contribution is -1.92. The van der Waals surface area contributed by atoms with E-state index in [2.05, 4.69) is 11.3 Å². The summed E-state index contributed by atoms with van der Waals surface area (Å²) < 4.78 is 4.60. The number of rotatable bonds is 4. The van der Waals surface area contributed by atoms with Crippen molar-refractivity contribution in [3.63, 3.8) is 0 Å². The Morgan fingerprint density at radius 2 is 2.50 bits per heavy atom. The number of hydrogen-bond donors (Lipinski definition) is 0. The van der Waals surface area contributed by atoms with Crippen molar-refractivity contribution in [1.82, 2.24) is 0 Å². The van der Waals surface area contributed by atoms with Gasteiger partial charge in [-0.15, -0.1) is 0 Å². The van der Waals surface area contributed by atoms with Crippen LogP contribution in [0.3, 0.4) is 0 Å². The summed E-state index contributed by atoms with van der Waals surface area (Å²) in [6.45, 7) is 3.61. The molecule has 3 heteroatoms. The number of carbonyl (C=O) groups excluding carboxylic acids is 1. The Morgan fingerprint density at radius 1 is 1.88 bits per heavy atom. The molecule has 0 saturated carbocycles. The molecule has 0 heterocycles. The Kier molecular flexibility index (Phi) is 4.36. The minimum absolute atomic E-state index is 0.244. The van der Waals surface area contributed by atoms with Crippen molar-refractivity contribution in [2.75, 3.05) is 6.61 Å². The third-order valence-corrected chi connectivity index (χ3v) is 0.723. The third-order valence-electron chi connectivity index (χ3n) is 0.534. The zero-order valence-corrected chi connectivity index (χ0v) is 5.15. The highest BCUT2D eigenvalue weighted by Crippen LogP contribution is 1.88. The summed E-state index contributed by atoms with van der Waals surface area (Å²) >= 11 is 4.96. The predicted octanol–water partition coefficient (Wildman–Crippen LogP) is 1.30. The fourth-order valence-corrected chi connectivity index (χ4v) is 0.300. The van der Waals surface area contributed by atoms with E-state index in [9.17, 15) is 4.79 Å². The van der Waals surface area contributed by atoms with Gasteiger partial charge in [0.15, 0.2) is 0 Å². The Bertz CT molecular complexity index is 90.4. The van der Waals surface area contributed by atoms with Crippen molar-refractivity contribution < 1.29 is 9.53 Å². The maximum atomic E-state index is 9.97. The summed E-state index contributed by atoms with van der Waals surface area (Å²) in [5.74, 6) is 0. The molecule has 0 unspecified atom stereocenters. The first-order chi connectivity index (χ1) is 3.77. The second kappa shape index (κ2) is 4.65. The molecule has 46 valence electrons. The SMILES string of the molecule is C=COCCC(=O)Cl. The first kappa shape index (κ1) is 7.50. The largest absolute Gasteiger partial charge is 0.501 e. The minimum Gasteiger partial charge on any atom is -0.501 e. The van der Waals surface area contributed by atoms with E-state index in [1.165, 1.54) is 6.26 Å². The Hall–Kier alpha value is -0.500. The van der Waals surface area contributed by atoms with Gasteiger partial charge in [-0.1, -0.05) is 6.58 Å². The fourth-order valence-electron chi connectivity index (χ4n) is 0.223. The summed E-state index contributed by atoms with van der Waals surface area (Å²) in [5.41, 5.74) is 0. The molecule has 0 rings (SSSR count). The number of halogens is 1. The van der Waals surface area contributed by atoms with E-state index < -0.39 is 0 Å². The Morgan fingerprint density at radius 3 is 2.88 bits per heavy atom. The molecule has 0 aromatic rings. The molecule has 0 bridgehead atoms. The molecule has 0 saturated heterocycles. The van der Waals surface area contributed by atoms with Crippen molar-refractivity contribution >= 4 is 16.8 Å². The highest BCUT2D eigenvalue weighted by atomic mass is 35.5. The van der Waals surface area contributed by atoms with E-state index in [4.69, 9.17) is 11.6 Å². The normalized spacial score (nSPS) is 8.12. The average molecular weight is 135 g/mol. The molecule has 0 fully saturated rings. The molecule has 0 aliphatic heterocycles. The molecule has 0 spiro atoms. The molecule has 0 amide bonds. The highest BCUT2D eigenvalue weighted by molar-refractivity contribution is 6.63. The van der Waals surface area contributed by atoms with Gasteiger partial charge in [-0.25, -0.2) is 0 Å². The van der Waals surface area contributed by atoms with Gasteiger partial charge < -0.3 is 4.74 Å². The molecule has 0 aromatic carbocycles. The van der Waals surface area contributed by atoms with Crippen LogP contribution in [0.4, 0.5) is 0 Å². The van der Waals surface area contributed by atoms with Crippen LogP contribution in [0.15, 0.2) is 12.8 Å². The van der Waals surface area contributed by atoms with Crippen LogP contribution in [-0.2, 0) is 9.53 Å². The van der Waals surface area contributed by atoms with Gasteiger partial charge in [0.2, 0.25) is 5.24 Å². The highest BCUT2D eigenvalue weighted by Gasteiger charge is 1.91. The lowest BCUT2D eigenvalue weighted by Gasteiger charge is -1.92. The van der Waals surface area contributed by atoms with Crippen molar-refractivity contribution in [2.24, 2.45) is 0 Å². The predicted molar refractivity (Wildman–Crippen MR) is 31.6 cm³/mol. The van der Waals surface area contributed by atoms with Gasteiger partial charge in [0, 0.05) is 0 Å². The molecular formula is C5H7ClO2. The zero-order valence-electron chi connectivity index (χ0n) is 4.39. The lowest BCUT2D eigenvalue weighted by atomic mass is 10.5. The molecule has 0 atom stereocenters. The summed E-state index contributed by atoms with van der Waals surface area (Å²) in [7, 11) is 0. The van der Waals surface area contributed by atoms with Crippen molar-refractivity contribution in [1.29, 1.82) is 0 Å². The van der Waals surface area contributed by atoms with Crippen molar-refractivity contribution in [3.8, 4) is 0 Å². The van der Waals surface area contributed by atoms with E-state index in [0.29, 0.717) is 6.61 Å². The smallest absolute Gasteiger partial charge is 0.225 e. The van der Waals surface area contributed by atoms with Crippen LogP contribution in [0.2, 0.25) is 0 Å². The average Bonchev–Trinajstić information content (AvgIpc) is 1.66. The number of ether oxygens (including phenoxy) is 1. The van der Waals surface area contributed by atoms with Crippen LogP contribution in [0, 0.1) is 0 Å². The Labute approximate surface area is 53.1 Å². The molecule has 0 aromatic heterocycles. The van der Waals surface area contributed by atoms with E-state index >= 15 is 0 Å². The van der Waals surface area contributed by atoms with Crippen LogP contribution in [0.5, 0.6) is 0 Å². The number of hydrogen-bond acceptors (Lipinski definition) is 2. The van der Waals surface area contributed by atoms with Crippen LogP contribution in [0.25, 0.3) is 0 Å². The van der Waals surface area contributed by atoms with Crippen LogP contribution >= 0.6 is 11.6 Å². The van der Waals surface area contributed by atoms with E-state index in [-0.39, 0.29) is 11.7 Å². The molecule has 0 N–H and O–H groups in total. The molecule has 8 heavy (non-hydrogen) atoms. The molecular weight excluding hydrogens is 128 g/mol. The quantitative estimate of drug-likeness (QED) is 0.329. The maximum absolute atomic E-state index is 9.97. The van der Waals surface area contributed by atoms with Crippen molar-refractivity contribution in [2.45, 2.75) is 6.42 Å². The zero-order chi connectivity index (χ0) is 6.41. The van der Waals surface area contributed by atoms with Crippen LogP contribution < -0.4 is 0 Å². The first-order valence-electron chi connectivity index (χ1n) is 2.18. The first-order valence-corrected chi connectivity index (χ1v) is 2.56. The van der Waals surface area contributed by atoms with Gasteiger partial charge in [-0.2, -0.15) is 0 Å². The van der Waals surface area contributed by atoms with E-state index in [1.807, 2.05) is 0 Å². The van der Waals surface area contributed by atoms with Gasteiger partial charge in [-0.3, -0.25) is 4.79 Å². The lowest BCUT2D eigenvalue weighted by molar-refractivity contribution is -0.112. The van der Waals surface area contributed by atoms with Gasteiger partial charge >= 0.3 is 0 Å². The van der Waals surface area contributed by atoms with Gasteiger partial charge in [0.25, 0.3) is 0 Å². The Balaban J connectivity index is 2.93. The standard InChI is InChI=1S/C5H7ClO2/c1-2-8-4-3-5(6)7/h2H,1,3-4H2. The van der Waals surface area contributed by atoms with Crippen LogP contribution in [0.1, 0.15) is 6.42 Å². The van der Waals surface area contributed by atoms with E-state index in [1.54, 1.807) is 0 Å². The molecule has 0 radical (unpaired) electrons. The number of carbonyl (C=O) groups is 1. The van der Waals surface area contributed by atoms with Gasteiger partial charge in [-0.05, 0) is 11.6 Å². The second-order valence-electron chi connectivity index (χ2n) is 1.14. The van der Waals surface area contributed by atoms with Crippen molar-refractivity contribution in [3.05, 3.63) is 12.8 Å². The fraction of sp³-hybridized carbons (Fsp3) is 0.400. The van der Waals surface area contributed by atoms with Crippen LogP contribution in [-0.4, -0.2) is 11.8 Å². The maximum Gasteiger partial charge on any atom is 0.225 e. The summed E-state index contributed by atoms with van der Waals surface area (Å²) in [4.78, 5) is 9.97. The summed E-state index contributed by atoms with van der Waals surface area (Å²) in [6, 6.07) is 0. The summed E-state index contributed by atoms with van der Waals surface area (Å²) in [6.07, 6.45) is 1.52. The summed E-state index contributed by atoms with van der Waals surface area (Å²) in [5, 5.41) is -0.383. The topological polar surface area (TPSA) is 26.3 Å². The monoisotopic (exact) mass is 134 g/mol. The molecule has 0 aliphatic rings. The van der Waals surface area contributed by atoms with Gasteiger partial charge in [0.1, 0.15) is 0 Å².